The second kappa shape index (κ2) is 7.06. The van der Waals surface area contributed by atoms with Gasteiger partial charge >= 0.3 is 0 Å². The summed E-state index contributed by atoms with van der Waals surface area (Å²) in [6.07, 6.45) is 0. The van der Waals surface area contributed by atoms with Crippen LogP contribution < -0.4 is 10.0 Å². The van der Waals surface area contributed by atoms with Crippen LogP contribution in [0.25, 0.3) is 0 Å². The number of nitrogens with one attached hydrogen (secondary N) is 2. The van der Waals surface area contributed by atoms with Gasteiger partial charge in [-0.15, -0.1) is 0 Å². The minimum Gasteiger partial charge on any atom is -0.380 e. The van der Waals surface area contributed by atoms with Gasteiger partial charge in [0.25, 0.3) is 0 Å². The van der Waals surface area contributed by atoms with Gasteiger partial charge in [-0.05, 0) is 12.1 Å². The Morgan fingerprint density at radius 1 is 1.40 bits per heavy atom. The van der Waals surface area contributed by atoms with Crippen molar-refractivity contribution in [1.82, 2.24) is 10.0 Å². The Bertz CT molecular complexity index is 558. The van der Waals surface area contributed by atoms with E-state index in [1.165, 1.54) is 6.07 Å². The second-order valence-corrected chi connectivity index (χ2v) is 7.07. The average Bonchev–Trinajstić information content (AvgIpc) is 2.68. The van der Waals surface area contributed by atoms with Crippen molar-refractivity contribution in [3.05, 3.63) is 28.2 Å². The van der Waals surface area contributed by atoms with Crippen molar-refractivity contribution in [2.75, 3.05) is 32.8 Å². The number of rotatable bonds is 4. The SMILES string of the molecule is O=S(=O)(NCC1CNCCOC1)c1cccc(Cl)c1Cl. The molecule has 1 fully saturated rings. The van der Waals surface area contributed by atoms with E-state index in [-0.39, 0.29) is 27.4 Å². The van der Waals surface area contributed by atoms with Crippen LogP contribution in [0.2, 0.25) is 10.0 Å². The molecule has 1 heterocycles. The number of ether oxygens (including phenoxy) is 1. The zero-order chi connectivity index (χ0) is 14.6. The molecule has 0 amide bonds. The van der Waals surface area contributed by atoms with E-state index in [1.807, 2.05) is 0 Å². The van der Waals surface area contributed by atoms with E-state index in [4.69, 9.17) is 27.9 Å². The van der Waals surface area contributed by atoms with Gasteiger partial charge in [0.1, 0.15) is 4.90 Å². The molecule has 0 bridgehead atoms. The molecule has 5 nitrogen and oxygen atoms in total. The Labute approximate surface area is 128 Å². The lowest BCUT2D eigenvalue weighted by Gasteiger charge is -2.15. The van der Waals surface area contributed by atoms with Crippen LogP contribution in [0.1, 0.15) is 0 Å². The summed E-state index contributed by atoms with van der Waals surface area (Å²) in [6.45, 7) is 2.95. The van der Waals surface area contributed by atoms with Crippen LogP contribution >= 0.6 is 23.2 Å². The normalized spacial score (nSPS) is 20.6. The lowest BCUT2D eigenvalue weighted by molar-refractivity contribution is 0.124. The Morgan fingerprint density at radius 3 is 3.00 bits per heavy atom. The third-order valence-electron chi connectivity index (χ3n) is 2.98. The zero-order valence-corrected chi connectivity index (χ0v) is 13.1. The van der Waals surface area contributed by atoms with Crippen LogP contribution in [0.4, 0.5) is 0 Å². The molecule has 0 spiro atoms. The van der Waals surface area contributed by atoms with Crippen LogP contribution in [0.15, 0.2) is 23.1 Å². The first-order valence-electron chi connectivity index (χ1n) is 6.23. The third-order valence-corrected chi connectivity index (χ3v) is 5.37. The lowest BCUT2D eigenvalue weighted by atomic mass is 10.2. The molecule has 0 saturated carbocycles. The molecule has 2 rings (SSSR count). The zero-order valence-electron chi connectivity index (χ0n) is 10.7. The van der Waals surface area contributed by atoms with E-state index in [0.717, 1.165) is 6.54 Å². The molecule has 1 aromatic rings. The average molecular weight is 339 g/mol. The van der Waals surface area contributed by atoms with Crippen molar-refractivity contribution in [1.29, 1.82) is 0 Å². The maximum Gasteiger partial charge on any atom is 0.242 e. The predicted octanol–water partition coefficient (Wildman–Crippen LogP) is 1.51. The van der Waals surface area contributed by atoms with Gasteiger partial charge in [-0.1, -0.05) is 29.3 Å². The van der Waals surface area contributed by atoms with E-state index >= 15 is 0 Å². The summed E-state index contributed by atoms with van der Waals surface area (Å²) in [6, 6.07) is 4.53. The van der Waals surface area contributed by atoms with E-state index in [1.54, 1.807) is 12.1 Å². The highest BCUT2D eigenvalue weighted by molar-refractivity contribution is 7.89. The number of sulfonamides is 1. The summed E-state index contributed by atoms with van der Waals surface area (Å²) < 4.78 is 32.4. The fourth-order valence-electron chi connectivity index (χ4n) is 1.89. The summed E-state index contributed by atoms with van der Waals surface area (Å²) in [4.78, 5) is -0.00540. The van der Waals surface area contributed by atoms with Gasteiger partial charge in [0.2, 0.25) is 10.0 Å². The molecule has 112 valence electrons. The molecular weight excluding hydrogens is 323 g/mol. The molecule has 1 aliphatic rings. The maximum absolute atomic E-state index is 12.2. The van der Waals surface area contributed by atoms with Crippen LogP contribution in [0.5, 0.6) is 0 Å². The largest absolute Gasteiger partial charge is 0.380 e. The van der Waals surface area contributed by atoms with Crippen LogP contribution in [0, 0.1) is 5.92 Å². The molecule has 20 heavy (non-hydrogen) atoms. The van der Waals surface area contributed by atoms with Crippen molar-refractivity contribution in [2.45, 2.75) is 4.90 Å². The summed E-state index contributed by atoms with van der Waals surface area (Å²) in [7, 11) is -3.67. The number of hydrogen-bond donors (Lipinski definition) is 2. The van der Waals surface area contributed by atoms with Gasteiger partial charge in [0.15, 0.2) is 0 Å². The first kappa shape index (κ1) is 16.0. The van der Waals surface area contributed by atoms with Crippen molar-refractivity contribution >= 4 is 33.2 Å². The number of hydrogen-bond acceptors (Lipinski definition) is 4. The molecule has 0 aromatic heterocycles. The summed E-state index contributed by atoms with van der Waals surface area (Å²) >= 11 is 11.8. The smallest absolute Gasteiger partial charge is 0.242 e. The van der Waals surface area contributed by atoms with Crippen molar-refractivity contribution in [3.63, 3.8) is 0 Å². The molecular formula is C12H16Cl2N2O3S. The molecule has 1 aromatic carbocycles. The first-order chi connectivity index (χ1) is 9.50. The Morgan fingerprint density at radius 2 is 2.20 bits per heavy atom. The minimum absolute atomic E-state index is 0.00540. The first-order valence-corrected chi connectivity index (χ1v) is 8.47. The van der Waals surface area contributed by atoms with Crippen molar-refractivity contribution in [3.8, 4) is 0 Å². The van der Waals surface area contributed by atoms with E-state index in [9.17, 15) is 8.42 Å². The topological polar surface area (TPSA) is 67.4 Å². The van der Waals surface area contributed by atoms with Crippen LogP contribution in [-0.4, -0.2) is 41.3 Å². The number of benzene rings is 1. The fourth-order valence-corrected chi connectivity index (χ4v) is 3.76. The van der Waals surface area contributed by atoms with E-state index in [0.29, 0.717) is 19.8 Å². The molecule has 1 saturated heterocycles. The van der Waals surface area contributed by atoms with Crippen LogP contribution in [0.3, 0.4) is 0 Å². The van der Waals surface area contributed by atoms with E-state index in [2.05, 4.69) is 10.0 Å². The molecule has 0 aliphatic carbocycles. The van der Waals surface area contributed by atoms with Crippen molar-refractivity contribution < 1.29 is 13.2 Å². The molecule has 8 heteroatoms. The minimum atomic E-state index is -3.67. The standard InChI is InChI=1S/C12H16Cl2N2O3S/c13-10-2-1-3-11(12(10)14)20(17,18)16-7-9-6-15-4-5-19-8-9/h1-3,9,15-16H,4-8H2. The Balaban J connectivity index is 2.05. The summed E-state index contributed by atoms with van der Waals surface area (Å²) in [5, 5.41) is 3.44. The quantitative estimate of drug-likeness (QED) is 0.873. The lowest BCUT2D eigenvalue weighted by Crippen LogP contribution is -2.35. The molecule has 2 N–H and O–H groups in total. The molecule has 1 aliphatic heterocycles. The van der Waals surface area contributed by atoms with Gasteiger partial charge in [-0.2, -0.15) is 0 Å². The Hall–Kier alpha value is -0.370. The van der Waals surface area contributed by atoms with Gasteiger partial charge in [-0.25, -0.2) is 13.1 Å². The molecule has 0 radical (unpaired) electrons. The van der Waals surface area contributed by atoms with Gasteiger partial charge in [-0.3, -0.25) is 0 Å². The molecule has 1 atom stereocenters. The van der Waals surface area contributed by atoms with E-state index < -0.39 is 10.0 Å². The maximum atomic E-state index is 12.2. The summed E-state index contributed by atoms with van der Waals surface area (Å²) in [5.41, 5.74) is 0. The Kier molecular flexibility index (Phi) is 5.65. The molecule has 1 unspecified atom stereocenters. The van der Waals surface area contributed by atoms with Gasteiger partial charge < -0.3 is 10.1 Å². The van der Waals surface area contributed by atoms with Gasteiger partial charge in [0, 0.05) is 25.6 Å². The second-order valence-electron chi connectivity index (χ2n) is 4.55. The van der Waals surface area contributed by atoms with Crippen LogP contribution in [-0.2, 0) is 14.8 Å². The highest BCUT2D eigenvalue weighted by Crippen LogP contribution is 2.28. The highest BCUT2D eigenvalue weighted by Gasteiger charge is 2.21. The fraction of sp³-hybridized carbons (Fsp3) is 0.500. The number of halogens is 2. The highest BCUT2D eigenvalue weighted by atomic mass is 35.5. The monoisotopic (exact) mass is 338 g/mol. The summed E-state index contributed by atoms with van der Waals surface area (Å²) in [5.74, 6) is 0.0882. The third kappa shape index (κ3) is 4.07. The predicted molar refractivity (Wildman–Crippen MR) is 78.8 cm³/mol. The van der Waals surface area contributed by atoms with Crippen molar-refractivity contribution in [2.24, 2.45) is 5.92 Å². The van der Waals surface area contributed by atoms with Gasteiger partial charge in [0.05, 0.1) is 23.3 Å².